The first-order valence-corrected chi connectivity index (χ1v) is 4.61. The van der Waals surface area contributed by atoms with E-state index < -0.39 is 0 Å². The topological polar surface area (TPSA) is 26.0 Å². The number of hydrogen-bond donors (Lipinski definition) is 1. The van der Waals surface area contributed by atoms with Crippen molar-refractivity contribution in [1.29, 1.82) is 0 Å². The van der Waals surface area contributed by atoms with E-state index in [2.05, 4.69) is 19.9 Å². The number of rotatable bonds is 2. The Bertz CT molecular complexity index is 139. The minimum Gasteiger partial charge on any atom is -0.324 e. The van der Waals surface area contributed by atoms with Gasteiger partial charge in [0.25, 0.3) is 0 Å². The predicted molar refractivity (Wildman–Crippen MR) is 49.4 cm³/mol. The van der Waals surface area contributed by atoms with E-state index in [1.807, 2.05) is 0 Å². The first kappa shape index (κ1) is 8.79. The monoisotopic (exact) mass is 153 g/mol. The van der Waals surface area contributed by atoms with Crippen LogP contribution in [0.1, 0.15) is 39.5 Å². The van der Waals surface area contributed by atoms with E-state index >= 15 is 0 Å². The molecular weight excluding hydrogens is 134 g/mol. The van der Waals surface area contributed by atoms with Crippen molar-refractivity contribution in [1.82, 2.24) is 0 Å². The lowest BCUT2D eigenvalue weighted by Gasteiger charge is -2.14. The van der Waals surface area contributed by atoms with Crippen LogP contribution in [-0.4, -0.2) is 6.04 Å². The minimum absolute atomic E-state index is 0.322. The molecule has 1 heteroatoms. The Labute approximate surface area is 69.7 Å². The molecule has 1 fully saturated rings. The smallest absolute Gasteiger partial charge is 0.0254 e. The van der Waals surface area contributed by atoms with Crippen molar-refractivity contribution < 1.29 is 0 Å². The molecule has 0 aromatic heterocycles. The molecule has 0 bridgehead atoms. The molecule has 1 aliphatic rings. The molecule has 0 heterocycles. The lowest BCUT2D eigenvalue weighted by Crippen LogP contribution is -2.26. The molecule has 1 atom stereocenters. The zero-order chi connectivity index (χ0) is 8.27. The molecule has 0 aromatic rings. The summed E-state index contributed by atoms with van der Waals surface area (Å²) in [5, 5.41) is 0. The third kappa shape index (κ3) is 2.66. The fourth-order valence-corrected chi connectivity index (χ4v) is 1.86. The Morgan fingerprint density at radius 1 is 1.36 bits per heavy atom. The molecule has 0 aliphatic heterocycles. The highest BCUT2D eigenvalue weighted by atomic mass is 14.6. The van der Waals surface area contributed by atoms with Gasteiger partial charge in [0.15, 0.2) is 0 Å². The summed E-state index contributed by atoms with van der Waals surface area (Å²) < 4.78 is 0. The van der Waals surface area contributed by atoms with Crippen LogP contribution < -0.4 is 5.73 Å². The average Bonchev–Trinajstić information content (AvgIpc) is 2.35. The minimum atomic E-state index is 0.322. The summed E-state index contributed by atoms with van der Waals surface area (Å²) in [5.74, 6) is 0.768. The van der Waals surface area contributed by atoms with Crippen molar-refractivity contribution in [2.45, 2.75) is 45.6 Å². The second-order valence-corrected chi connectivity index (χ2v) is 3.87. The third-order valence-corrected chi connectivity index (χ3v) is 2.47. The first-order valence-electron chi connectivity index (χ1n) is 4.61. The maximum atomic E-state index is 6.00. The van der Waals surface area contributed by atoms with Crippen molar-refractivity contribution in [3.8, 4) is 0 Å². The molecule has 2 N–H and O–H groups in total. The van der Waals surface area contributed by atoms with Crippen LogP contribution in [0.25, 0.3) is 0 Å². The summed E-state index contributed by atoms with van der Waals surface area (Å²) >= 11 is 0. The predicted octanol–water partition coefficient (Wildman–Crippen LogP) is 2.47. The second kappa shape index (κ2) is 3.91. The van der Waals surface area contributed by atoms with Gasteiger partial charge < -0.3 is 5.73 Å². The lowest BCUT2D eigenvalue weighted by molar-refractivity contribution is 0.489. The third-order valence-electron chi connectivity index (χ3n) is 2.47. The van der Waals surface area contributed by atoms with Crippen LogP contribution in [-0.2, 0) is 0 Å². The van der Waals surface area contributed by atoms with E-state index in [0.717, 1.165) is 5.92 Å². The molecule has 1 unspecified atom stereocenters. The zero-order valence-electron chi connectivity index (χ0n) is 7.64. The Balaban J connectivity index is 2.40. The normalized spacial score (nSPS) is 21.7. The zero-order valence-corrected chi connectivity index (χ0v) is 7.64. The van der Waals surface area contributed by atoms with Gasteiger partial charge in [-0.1, -0.05) is 24.5 Å². The van der Waals surface area contributed by atoms with Crippen LogP contribution in [0.3, 0.4) is 0 Å². The highest BCUT2D eigenvalue weighted by Gasteiger charge is 2.19. The Morgan fingerprint density at radius 3 is 2.36 bits per heavy atom. The van der Waals surface area contributed by atoms with E-state index in [1.165, 1.54) is 31.3 Å². The molecule has 0 aromatic carbocycles. The quantitative estimate of drug-likeness (QED) is 0.606. The summed E-state index contributed by atoms with van der Waals surface area (Å²) in [4.78, 5) is 0. The summed E-state index contributed by atoms with van der Waals surface area (Å²) in [6, 6.07) is 0.322. The molecule has 1 nitrogen and oxygen atoms in total. The number of hydrogen-bond acceptors (Lipinski definition) is 1. The molecule has 0 spiro atoms. The van der Waals surface area contributed by atoms with E-state index in [1.54, 1.807) is 0 Å². The molecule has 0 radical (unpaired) electrons. The second-order valence-electron chi connectivity index (χ2n) is 3.87. The molecular formula is C10H19N. The highest BCUT2D eigenvalue weighted by Crippen LogP contribution is 2.27. The van der Waals surface area contributed by atoms with Gasteiger partial charge in [-0.3, -0.25) is 0 Å². The van der Waals surface area contributed by atoms with Crippen LogP contribution in [0.4, 0.5) is 0 Å². The largest absolute Gasteiger partial charge is 0.324 e. The van der Waals surface area contributed by atoms with Crippen molar-refractivity contribution >= 4 is 0 Å². The van der Waals surface area contributed by atoms with Crippen LogP contribution in [0, 0.1) is 5.92 Å². The van der Waals surface area contributed by atoms with Gasteiger partial charge in [-0.2, -0.15) is 0 Å². The maximum absolute atomic E-state index is 6.00. The summed E-state index contributed by atoms with van der Waals surface area (Å²) in [7, 11) is 0. The Morgan fingerprint density at radius 2 is 1.91 bits per heavy atom. The molecule has 0 amide bonds. The summed E-state index contributed by atoms with van der Waals surface area (Å²) in [6.07, 6.45) is 7.65. The molecule has 1 rings (SSSR count). The number of allylic oxidation sites excluding steroid dienone is 1. The molecule has 1 aliphatic carbocycles. The standard InChI is InChI=1S/C10H19N/c1-8(2)7-10(11)9-5-3-4-6-9/h7,9-10H,3-6,11H2,1-2H3. The summed E-state index contributed by atoms with van der Waals surface area (Å²) in [5.41, 5.74) is 7.35. The molecule has 1 saturated carbocycles. The van der Waals surface area contributed by atoms with E-state index in [4.69, 9.17) is 5.73 Å². The average molecular weight is 153 g/mol. The van der Waals surface area contributed by atoms with Gasteiger partial charge in [-0.15, -0.1) is 0 Å². The van der Waals surface area contributed by atoms with Gasteiger partial charge in [-0.05, 0) is 32.6 Å². The van der Waals surface area contributed by atoms with Gasteiger partial charge in [0, 0.05) is 6.04 Å². The molecule has 11 heavy (non-hydrogen) atoms. The van der Waals surface area contributed by atoms with Gasteiger partial charge in [0.05, 0.1) is 0 Å². The van der Waals surface area contributed by atoms with E-state index in [9.17, 15) is 0 Å². The van der Waals surface area contributed by atoms with E-state index in [-0.39, 0.29) is 0 Å². The summed E-state index contributed by atoms with van der Waals surface area (Å²) in [6.45, 7) is 4.24. The van der Waals surface area contributed by atoms with Gasteiger partial charge in [0.1, 0.15) is 0 Å². The SMILES string of the molecule is CC(C)=CC(N)C1CCCC1. The van der Waals surface area contributed by atoms with Crippen LogP contribution >= 0.6 is 0 Å². The van der Waals surface area contributed by atoms with E-state index in [0.29, 0.717) is 6.04 Å². The van der Waals surface area contributed by atoms with Crippen LogP contribution in [0.5, 0.6) is 0 Å². The fraction of sp³-hybridized carbons (Fsp3) is 0.800. The highest BCUT2D eigenvalue weighted by molar-refractivity contribution is 5.02. The lowest BCUT2D eigenvalue weighted by atomic mass is 9.97. The molecule has 0 saturated heterocycles. The molecule has 64 valence electrons. The van der Waals surface area contributed by atoms with Crippen molar-refractivity contribution in [3.05, 3.63) is 11.6 Å². The van der Waals surface area contributed by atoms with Crippen molar-refractivity contribution in [2.24, 2.45) is 11.7 Å². The van der Waals surface area contributed by atoms with Crippen molar-refractivity contribution in [3.63, 3.8) is 0 Å². The maximum Gasteiger partial charge on any atom is 0.0254 e. The van der Waals surface area contributed by atoms with Gasteiger partial charge in [-0.25, -0.2) is 0 Å². The Kier molecular flexibility index (Phi) is 3.13. The fourth-order valence-electron chi connectivity index (χ4n) is 1.86. The van der Waals surface area contributed by atoms with Crippen LogP contribution in [0.15, 0.2) is 11.6 Å². The number of nitrogens with two attached hydrogens (primary N) is 1. The van der Waals surface area contributed by atoms with Crippen molar-refractivity contribution in [2.75, 3.05) is 0 Å². The van der Waals surface area contributed by atoms with Gasteiger partial charge in [0.2, 0.25) is 0 Å². The van der Waals surface area contributed by atoms with Gasteiger partial charge >= 0.3 is 0 Å². The van der Waals surface area contributed by atoms with Crippen LogP contribution in [0.2, 0.25) is 0 Å². The Hall–Kier alpha value is -0.300. The first-order chi connectivity index (χ1) is 5.20.